The summed E-state index contributed by atoms with van der Waals surface area (Å²) in [6, 6.07) is 15.9. The van der Waals surface area contributed by atoms with Crippen LogP contribution in [0.2, 0.25) is 0 Å². The lowest BCUT2D eigenvalue weighted by Gasteiger charge is -2.27. The molecule has 1 fully saturated rings. The smallest absolute Gasteiger partial charge is 0.123 e. The van der Waals surface area contributed by atoms with E-state index in [0.717, 1.165) is 58.5 Å². The number of rotatable bonds is 6. The molecule has 152 valence electrons. The van der Waals surface area contributed by atoms with Crippen molar-refractivity contribution < 1.29 is 19.3 Å². The van der Waals surface area contributed by atoms with Crippen molar-refractivity contribution in [1.82, 2.24) is 4.90 Å². The second kappa shape index (κ2) is 8.21. The first-order valence-corrected chi connectivity index (χ1v) is 9.89. The Hall–Kier alpha value is -2.92. The van der Waals surface area contributed by atoms with Crippen molar-refractivity contribution in [2.24, 2.45) is 0 Å². The van der Waals surface area contributed by atoms with Gasteiger partial charge in [0.05, 0.1) is 21.3 Å². The molecule has 5 nitrogen and oxygen atoms in total. The van der Waals surface area contributed by atoms with E-state index in [1.54, 1.807) is 27.4 Å². The topological polar surface area (TPSA) is 51.2 Å². The lowest BCUT2D eigenvalue weighted by Crippen LogP contribution is -2.23. The van der Waals surface area contributed by atoms with Crippen LogP contribution in [0, 0.1) is 0 Å². The maximum absolute atomic E-state index is 10.7. The number of likely N-dealkylation sites (tertiary alicyclic amines) is 1. The van der Waals surface area contributed by atoms with Gasteiger partial charge in [-0.2, -0.15) is 0 Å². The minimum absolute atomic E-state index is 0.209. The van der Waals surface area contributed by atoms with Crippen LogP contribution < -0.4 is 14.2 Å². The minimum Gasteiger partial charge on any atom is -0.508 e. The van der Waals surface area contributed by atoms with Gasteiger partial charge in [0.25, 0.3) is 0 Å². The van der Waals surface area contributed by atoms with Gasteiger partial charge in [-0.1, -0.05) is 12.1 Å². The van der Waals surface area contributed by atoms with Gasteiger partial charge in [0, 0.05) is 23.7 Å². The fraction of sp³-hybridized carbons (Fsp3) is 0.333. The molecule has 3 aromatic rings. The summed E-state index contributed by atoms with van der Waals surface area (Å²) in [5.41, 5.74) is 2.05. The number of methoxy groups -OCH3 is 3. The van der Waals surface area contributed by atoms with Crippen molar-refractivity contribution in [3.63, 3.8) is 0 Å². The van der Waals surface area contributed by atoms with E-state index in [-0.39, 0.29) is 6.04 Å². The minimum atomic E-state index is 0.209. The number of aromatic hydroxyl groups is 1. The van der Waals surface area contributed by atoms with Crippen LogP contribution in [-0.2, 0) is 6.54 Å². The molecule has 29 heavy (non-hydrogen) atoms. The monoisotopic (exact) mass is 393 g/mol. The van der Waals surface area contributed by atoms with Gasteiger partial charge in [0.15, 0.2) is 0 Å². The van der Waals surface area contributed by atoms with E-state index in [4.69, 9.17) is 14.2 Å². The molecular weight excluding hydrogens is 366 g/mol. The average Bonchev–Trinajstić information content (AvgIpc) is 3.23. The van der Waals surface area contributed by atoms with Gasteiger partial charge in [-0.05, 0) is 66.6 Å². The zero-order chi connectivity index (χ0) is 20.4. The third-order valence-electron chi connectivity index (χ3n) is 5.84. The SMILES string of the molecule is COc1ccc(OC)c([C@H]2CCCN2Cc2c(O)ccc3ccc(OC)cc23)c1. The number of fused-ring (bicyclic) bond motifs is 1. The van der Waals surface area contributed by atoms with Gasteiger partial charge in [0.1, 0.15) is 23.0 Å². The van der Waals surface area contributed by atoms with Crippen LogP contribution in [0.4, 0.5) is 0 Å². The molecule has 0 unspecified atom stereocenters. The number of phenolic OH excluding ortho intramolecular Hbond substituents is 1. The molecule has 4 rings (SSSR count). The predicted octanol–water partition coefficient (Wildman–Crippen LogP) is 4.91. The van der Waals surface area contributed by atoms with Gasteiger partial charge in [-0.25, -0.2) is 0 Å². The van der Waals surface area contributed by atoms with Gasteiger partial charge < -0.3 is 19.3 Å². The molecule has 1 aliphatic heterocycles. The Bertz CT molecular complexity index is 1020. The van der Waals surface area contributed by atoms with Crippen LogP contribution in [0.5, 0.6) is 23.0 Å². The van der Waals surface area contributed by atoms with E-state index < -0.39 is 0 Å². The zero-order valence-electron chi connectivity index (χ0n) is 17.1. The van der Waals surface area contributed by atoms with Crippen LogP contribution >= 0.6 is 0 Å². The molecule has 3 aromatic carbocycles. The van der Waals surface area contributed by atoms with E-state index >= 15 is 0 Å². The summed E-state index contributed by atoms with van der Waals surface area (Å²) in [6.07, 6.45) is 2.14. The molecule has 1 N–H and O–H groups in total. The first-order chi connectivity index (χ1) is 14.1. The third-order valence-corrected chi connectivity index (χ3v) is 5.84. The molecule has 0 bridgehead atoms. The number of nitrogens with zero attached hydrogens (tertiary/aromatic N) is 1. The Labute approximate surface area is 171 Å². The molecule has 0 aliphatic carbocycles. The normalized spacial score (nSPS) is 16.9. The summed E-state index contributed by atoms with van der Waals surface area (Å²) < 4.78 is 16.5. The van der Waals surface area contributed by atoms with E-state index in [2.05, 4.69) is 11.0 Å². The molecule has 1 atom stereocenters. The van der Waals surface area contributed by atoms with Crippen molar-refractivity contribution in [3.8, 4) is 23.0 Å². The maximum atomic E-state index is 10.7. The fourth-order valence-electron chi connectivity index (χ4n) is 4.31. The first-order valence-electron chi connectivity index (χ1n) is 9.89. The lowest BCUT2D eigenvalue weighted by molar-refractivity contribution is 0.240. The molecule has 0 radical (unpaired) electrons. The zero-order valence-corrected chi connectivity index (χ0v) is 17.1. The highest BCUT2D eigenvalue weighted by molar-refractivity contribution is 5.89. The Morgan fingerprint density at radius 3 is 2.41 bits per heavy atom. The highest BCUT2D eigenvalue weighted by Gasteiger charge is 2.29. The molecule has 1 heterocycles. The second-order valence-corrected chi connectivity index (χ2v) is 7.39. The van der Waals surface area contributed by atoms with Crippen LogP contribution in [-0.4, -0.2) is 37.9 Å². The molecule has 1 aliphatic rings. The van der Waals surface area contributed by atoms with Gasteiger partial charge in [-0.15, -0.1) is 0 Å². The standard InChI is InChI=1S/C24H27NO4/c1-27-17-8-6-16-7-10-23(26)21(19(16)13-17)15-25-12-4-5-22(25)20-14-18(28-2)9-11-24(20)29-3/h6-11,13-14,22,26H,4-5,12,15H2,1-3H3/t22-/m1/s1. The fourth-order valence-corrected chi connectivity index (χ4v) is 4.31. The van der Waals surface area contributed by atoms with E-state index in [0.29, 0.717) is 12.3 Å². The highest BCUT2D eigenvalue weighted by atomic mass is 16.5. The molecule has 0 aromatic heterocycles. The number of ether oxygens (including phenoxy) is 3. The molecule has 0 spiro atoms. The van der Waals surface area contributed by atoms with Gasteiger partial charge in [-0.3, -0.25) is 4.90 Å². The Morgan fingerprint density at radius 2 is 1.66 bits per heavy atom. The van der Waals surface area contributed by atoms with Crippen molar-refractivity contribution in [3.05, 3.63) is 59.7 Å². The third kappa shape index (κ3) is 3.70. The van der Waals surface area contributed by atoms with Crippen molar-refractivity contribution >= 4 is 10.8 Å². The molecule has 5 heteroatoms. The van der Waals surface area contributed by atoms with Crippen LogP contribution in [0.15, 0.2) is 48.5 Å². The second-order valence-electron chi connectivity index (χ2n) is 7.39. The van der Waals surface area contributed by atoms with Crippen LogP contribution in [0.3, 0.4) is 0 Å². The molecular formula is C24H27NO4. The van der Waals surface area contributed by atoms with E-state index in [1.807, 2.05) is 36.4 Å². The number of hydrogen-bond donors (Lipinski definition) is 1. The van der Waals surface area contributed by atoms with Crippen molar-refractivity contribution in [1.29, 1.82) is 0 Å². The van der Waals surface area contributed by atoms with Crippen molar-refractivity contribution in [2.45, 2.75) is 25.4 Å². The molecule has 1 saturated heterocycles. The van der Waals surface area contributed by atoms with E-state index in [1.165, 1.54) is 0 Å². The lowest BCUT2D eigenvalue weighted by atomic mass is 10.00. The predicted molar refractivity (Wildman–Crippen MR) is 114 cm³/mol. The average molecular weight is 393 g/mol. The summed E-state index contributed by atoms with van der Waals surface area (Å²) in [7, 11) is 5.04. The van der Waals surface area contributed by atoms with E-state index in [9.17, 15) is 5.11 Å². The Kier molecular flexibility index (Phi) is 5.49. The molecule has 0 amide bonds. The van der Waals surface area contributed by atoms with Gasteiger partial charge >= 0.3 is 0 Å². The van der Waals surface area contributed by atoms with Crippen LogP contribution in [0.1, 0.15) is 30.0 Å². The summed E-state index contributed by atoms with van der Waals surface area (Å²) in [6.45, 7) is 1.62. The first kappa shape index (κ1) is 19.4. The highest BCUT2D eigenvalue weighted by Crippen LogP contribution is 2.41. The quantitative estimate of drug-likeness (QED) is 0.645. The number of hydrogen-bond acceptors (Lipinski definition) is 5. The summed E-state index contributed by atoms with van der Waals surface area (Å²) >= 11 is 0. The molecule has 0 saturated carbocycles. The van der Waals surface area contributed by atoms with Gasteiger partial charge in [0.2, 0.25) is 0 Å². The number of benzene rings is 3. The number of phenols is 1. The summed E-state index contributed by atoms with van der Waals surface area (Å²) in [5.74, 6) is 2.79. The Balaban J connectivity index is 1.72. The maximum Gasteiger partial charge on any atom is 0.123 e. The largest absolute Gasteiger partial charge is 0.508 e. The summed E-state index contributed by atoms with van der Waals surface area (Å²) in [4.78, 5) is 2.41. The Morgan fingerprint density at radius 1 is 0.931 bits per heavy atom. The summed E-state index contributed by atoms with van der Waals surface area (Å²) in [5, 5.41) is 12.8. The van der Waals surface area contributed by atoms with Crippen LogP contribution in [0.25, 0.3) is 10.8 Å². The van der Waals surface area contributed by atoms with Crippen molar-refractivity contribution in [2.75, 3.05) is 27.9 Å².